The van der Waals surface area contributed by atoms with E-state index in [2.05, 4.69) is 0 Å². The van der Waals surface area contributed by atoms with Crippen molar-refractivity contribution in [1.82, 2.24) is 4.90 Å². The summed E-state index contributed by atoms with van der Waals surface area (Å²) < 4.78 is 11.5. The number of carbonyl (C=O) groups is 2. The number of phenolic OH excluding ortho intramolecular Hbond substituents is 1. The molecule has 2 aromatic carbocycles. The van der Waals surface area contributed by atoms with Crippen LogP contribution in [-0.2, 0) is 9.53 Å². The Labute approximate surface area is 185 Å². The molecule has 0 saturated carbocycles. The van der Waals surface area contributed by atoms with Crippen LogP contribution >= 0.6 is 11.6 Å². The molecule has 0 aliphatic carbocycles. The van der Waals surface area contributed by atoms with Crippen molar-refractivity contribution in [3.05, 3.63) is 64.2 Å². The van der Waals surface area contributed by atoms with Crippen LogP contribution < -0.4 is 4.74 Å². The fourth-order valence-electron chi connectivity index (χ4n) is 3.14. The van der Waals surface area contributed by atoms with Gasteiger partial charge in [-0.1, -0.05) is 23.7 Å². The lowest BCUT2D eigenvalue weighted by Gasteiger charge is -2.32. The minimum absolute atomic E-state index is 0.0103. The zero-order valence-corrected chi connectivity index (χ0v) is 17.6. The molecule has 0 bridgehead atoms. The van der Waals surface area contributed by atoms with Gasteiger partial charge in [0.2, 0.25) is 0 Å². The number of halogens is 1. The van der Waals surface area contributed by atoms with Crippen molar-refractivity contribution in [2.45, 2.75) is 13.0 Å². The first-order chi connectivity index (χ1) is 14.9. The number of benzene rings is 2. The fraction of sp³-hybridized carbons (Fsp3) is 0.261. The summed E-state index contributed by atoms with van der Waals surface area (Å²) in [6, 6.07) is 13.0. The summed E-state index contributed by atoms with van der Waals surface area (Å²) in [6.45, 7) is 2.47. The predicted molar refractivity (Wildman–Crippen MR) is 115 cm³/mol. The highest BCUT2D eigenvalue weighted by atomic mass is 35.5. The lowest BCUT2D eigenvalue weighted by atomic mass is 10.1. The number of hydrogen-bond acceptors (Lipinski definition) is 6. The zero-order chi connectivity index (χ0) is 22.4. The molecule has 2 aromatic rings. The van der Waals surface area contributed by atoms with Crippen LogP contribution in [0.25, 0.3) is 6.08 Å². The summed E-state index contributed by atoms with van der Waals surface area (Å²) in [6.07, 6.45) is 1.07. The van der Waals surface area contributed by atoms with E-state index in [0.29, 0.717) is 35.1 Å². The number of carbonyl (C=O) groups excluding carboxylic acids is 2. The van der Waals surface area contributed by atoms with Gasteiger partial charge in [-0.05, 0) is 48.9 Å². The first-order valence-electron chi connectivity index (χ1n) is 9.62. The third-order valence-electron chi connectivity index (χ3n) is 4.73. The smallest absolute Gasteiger partial charge is 0.264 e. The number of aromatic hydroxyl groups is 1. The van der Waals surface area contributed by atoms with Crippen molar-refractivity contribution < 1.29 is 24.2 Å². The molecule has 31 heavy (non-hydrogen) atoms. The SMILES string of the molecule is CC(=O)c1cc(Cl)ccc1OCC1CN(C(=O)C(C#N)=Cc2ccc(O)cc2)CCO1. The highest BCUT2D eigenvalue weighted by Crippen LogP contribution is 2.24. The van der Waals surface area contributed by atoms with Gasteiger partial charge in [0.25, 0.3) is 5.91 Å². The topological polar surface area (TPSA) is 99.9 Å². The normalized spacial score (nSPS) is 16.5. The van der Waals surface area contributed by atoms with Gasteiger partial charge in [-0.2, -0.15) is 5.26 Å². The van der Waals surface area contributed by atoms with Crippen molar-refractivity contribution in [2.24, 2.45) is 0 Å². The number of ether oxygens (including phenoxy) is 2. The van der Waals surface area contributed by atoms with E-state index >= 15 is 0 Å². The van der Waals surface area contributed by atoms with E-state index in [1.54, 1.807) is 35.2 Å². The minimum atomic E-state index is -0.415. The number of morpholine rings is 1. The van der Waals surface area contributed by atoms with Crippen LogP contribution in [0.2, 0.25) is 5.02 Å². The Bertz CT molecular complexity index is 1040. The molecule has 8 heteroatoms. The zero-order valence-electron chi connectivity index (χ0n) is 16.9. The van der Waals surface area contributed by atoms with Gasteiger partial charge in [0.15, 0.2) is 5.78 Å². The van der Waals surface area contributed by atoms with Crippen molar-refractivity contribution >= 4 is 29.4 Å². The third-order valence-corrected chi connectivity index (χ3v) is 4.96. The van der Waals surface area contributed by atoms with E-state index in [0.717, 1.165) is 0 Å². The molecule has 1 N–H and O–H groups in total. The lowest BCUT2D eigenvalue weighted by Crippen LogP contribution is -2.48. The molecule has 1 amide bonds. The quantitative estimate of drug-likeness (QED) is 0.419. The molecule has 160 valence electrons. The van der Waals surface area contributed by atoms with Crippen LogP contribution in [0.5, 0.6) is 11.5 Å². The van der Waals surface area contributed by atoms with Gasteiger partial charge in [0.1, 0.15) is 35.9 Å². The maximum absolute atomic E-state index is 12.8. The highest BCUT2D eigenvalue weighted by molar-refractivity contribution is 6.31. The van der Waals surface area contributed by atoms with Crippen molar-refractivity contribution in [3.63, 3.8) is 0 Å². The Morgan fingerprint density at radius 1 is 1.32 bits per heavy atom. The first kappa shape index (κ1) is 22.3. The Kier molecular flexibility index (Phi) is 7.29. The van der Waals surface area contributed by atoms with Gasteiger partial charge >= 0.3 is 0 Å². The number of nitriles is 1. The maximum atomic E-state index is 12.8. The number of ketones is 1. The van der Waals surface area contributed by atoms with E-state index in [9.17, 15) is 20.0 Å². The number of hydrogen-bond donors (Lipinski definition) is 1. The number of Topliss-reactive ketones (excluding diaryl/α,β-unsaturated/α-hetero) is 1. The van der Waals surface area contributed by atoms with Gasteiger partial charge in [-0.3, -0.25) is 9.59 Å². The number of nitrogens with zero attached hydrogens (tertiary/aromatic N) is 2. The molecule has 0 radical (unpaired) electrons. The average Bonchev–Trinajstić information content (AvgIpc) is 2.77. The van der Waals surface area contributed by atoms with E-state index in [1.165, 1.54) is 25.1 Å². The van der Waals surface area contributed by atoms with Crippen LogP contribution in [0.3, 0.4) is 0 Å². The summed E-state index contributed by atoms with van der Waals surface area (Å²) in [5.41, 5.74) is 0.999. The van der Waals surface area contributed by atoms with E-state index < -0.39 is 12.0 Å². The van der Waals surface area contributed by atoms with Crippen LogP contribution in [0.1, 0.15) is 22.8 Å². The number of phenols is 1. The molecular weight excluding hydrogens is 420 g/mol. The lowest BCUT2D eigenvalue weighted by molar-refractivity contribution is -0.135. The van der Waals surface area contributed by atoms with Crippen molar-refractivity contribution in [3.8, 4) is 17.6 Å². The van der Waals surface area contributed by atoms with E-state index in [-0.39, 0.29) is 30.3 Å². The Morgan fingerprint density at radius 3 is 2.74 bits per heavy atom. The van der Waals surface area contributed by atoms with Gasteiger partial charge < -0.3 is 19.5 Å². The predicted octanol–water partition coefficient (Wildman–Crippen LogP) is 3.46. The first-order valence-corrected chi connectivity index (χ1v) is 10.00. The second-order valence-corrected chi connectivity index (χ2v) is 7.45. The van der Waals surface area contributed by atoms with Crippen molar-refractivity contribution in [1.29, 1.82) is 5.26 Å². The second-order valence-electron chi connectivity index (χ2n) is 7.01. The maximum Gasteiger partial charge on any atom is 0.264 e. The summed E-state index contributed by atoms with van der Waals surface area (Å²) >= 11 is 5.95. The Hall–Kier alpha value is -3.34. The standard InChI is InChI=1S/C23H21ClN2O5/c1-15(27)21-11-18(24)4-7-22(21)31-14-20-13-26(8-9-30-20)23(29)17(12-25)10-16-2-5-19(28)6-3-16/h2-7,10-11,20,28H,8-9,13-14H2,1H3. The largest absolute Gasteiger partial charge is 0.508 e. The Morgan fingerprint density at radius 2 is 2.06 bits per heavy atom. The van der Waals surface area contributed by atoms with Crippen LogP contribution in [0, 0.1) is 11.3 Å². The molecule has 7 nitrogen and oxygen atoms in total. The van der Waals surface area contributed by atoms with Crippen LogP contribution in [0.4, 0.5) is 0 Å². The second kappa shape index (κ2) is 10.1. The molecule has 1 unspecified atom stereocenters. The van der Waals surface area contributed by atoms with Gasteiger partial charge in [-0.15, -0.1) is 0 Å². The minimum Gasteiger partial charge on any atom is -0.508 e. The molecule has 3 rings (SSSR count). The molecule has 1 fully saturated rings. The van der Waals surface area contributed by atoms with Gasteiger partial charge in [-0.25, -0.2) is 0 Å². The van der Waals surface area contributed by atoms with Crippen LogP contribution in [0.15, 0.2) is 48.0 Å². The average molecular weight is 441 g/mol. The van der Waals surface area contributed by atoms with Gasteiger partial charge in [0, 0.05) is 11.6 Å². The Balaban J connectivity index is 1.66. The van der Waals surface area contributed by atoms with Gasteiger partial charge in [0.05, 0.1) is 18.7 Å². The summed E-state index contributed by atoms with van der Waals surface area (Å²) in [5.74, 6) is -0.0720. The summed E-state index contributed by atoms with van der Waals surface area (Å²) in [5, 5.41) is 19.3. The molecule has 1 aliphatic heterocycles. The fourth-order valence-corrected chi connectivity index (χ4v) is 3.31. The number of amides is 1. The van der Waals surface area contributed by atoms with Crippen molar-refractivity contribution in [2.75, 3.05) is 26.3 Å². The molecule has 0 spiro atoms. The molecule has 1 aliphatic rings. The van der Waals surface area contributed by atoms with E-state index in [1.807, 2.05) is 6.07 Å². The molecular formula is C23H21ClN2O5. The highest BCUT2D eigenvalue weighted by Gasteiger charge is 2.27. The van der Waals surface area contributed by atoms with Crippen LogP contribution in [-0.4, -0.2) is 54.1 Å². The monoisotopic (exact) mass is 440 g/mol. The molecule has 1 atom stereocenters. The third kappa shape index (κ3) is 5.85. The molecule has 0 aromatic heterocycles. The van der Waals surface area contributed by atoms with E-state index in [4.69, 9.17) is 21.1 Å². The summed E-state index contributed by atoms with van der Waals surface area (Å²) in [4.78, 5) is 26.2. The number of rotatable bonds is 6. The molecule has 1 heterocycles. The summed E-state index contributed by atoms with van der Waals surface area (Å²) in [7, 11) is 0. The molecule has 1 saturated heterocycles.